The van der Waals surface area contributed by atoms with Crippen LogP contribution in [0.3, 0.4) is 0 Å². The van der Waals surface area contributed by atoms with E-state index < -0.39 is 0 Å². The van der Waals surface area contributed by atoms with Gasteiger partial charge < -0.3 is 19.9 Å². The zero-order valence-electron chi connectivity index (χ0n) is 14.1. The fourth-order valence-electron chi connectivity index (χ4n) is 4.46. The molecule has 5 nitrogen and oxygen atoms in total. The molecule has 2 aliphatic carbocycles. The Morgan fingerprint density at radius 1 is 1.25 bits per heavy atom. The number of carbonyl (C=O) groups excluding carboxylic acids is 2. The number of nitrogens with zero attached hydrogens (tertiary/aromatic N) is 2. The summed E-state index contributed by atoms with van der Waals surface area (Å²) < 4.78 is 0. The Kier molecular flexibility index (Phi) is 3.94. The number of fused-ring (bicyclic) bond motifs is 2. The van der Waals surface area contributed by atoms with Crippen LogP contribution in [0, 0.1) is 5.92 Å². The number of hydrogen-bond donors (Lipinski definition) is 1. The van der Waals surface area contributed by atoms with E-state index in [9.17, 15) is 9.59 Å². The summed E-state index contributed by atoms with van der Waals surface area (Å²) in [5.41, 5.74) is 2.41. The first-order valence-electron chi connectivity index (χ1n) is 9.03. The first kappa shape index (κ1) is 15.5. The third-order valence-electron chi connectivity index (χ3n) is 5.73. The summed E-state index contributed by atoms with van der Waals surface area (Å²) in [5, 5.41) is 3.69. The summed E-state index contributed by atoms with van der Waals surface area (Å²) in [6.07, 6.45) is 6.49. The maximum absolute atomic E-state index is 13.1. The molecule has 0 radical (unpaired) electrons. The lowest BCUT2D eigenvalue weighted by atomic mass is 9.83. The molecule has 0 aromatic heterocycles. The van der Waals surface area contributed by atoms with Gasteiger partial charge in [0, 0.05) is 30.7 Å². The maximum atomic E-state index is 13.1. The summed E-state index contributed by atoms with van der Waals surface area (Å²) in [6, 6.07) is 9.30. The number of carbonyl (C=O) groups is 2. The van der Waals surface area contributed by atoms with E-state index in [0.717, 1.165) is 25.5 Å². The first-order valence-corrected chi connectivity index (χ1v) is 9.03. The quantitative estimate of drug-likeness (QED) is 0.865. The summed E-state index contributed by atoms with van der Waals surface area (Å²) in [5.74, 6) is 0.467. The highest BCUT2D eigenvalue weighted by atomic mass is 16.2. The number of anilines is 1. The number of likely N-dealkylation sites (N-methyl/N-ethyl adjacent to an activating group) is 1. The highest BCUT2D eigenvalue weighted by Gasteiger charge is 2.48. The molecule has 0 spiro atoms. The molecular weight excluding hydrogens is 302 g/mol. The number of urea groups is 1. The Hall–Kier alpha value is -2.04. The molecule has 1 aliphatic heterocycles. The zero-order valence-corrected chi connectivity index (χ0v) is 14.1. The van der Waals surface area contributed by atoms with Crippen LogP contribution in [0.2, 0.25) is 0 Å². The van der Waals surface area contributed by atoms with Crippen LogP contribution in [0.25, 0.3) is 0 Å². The fourth-order valence-corrected chi connectivity index (χ4v) is 4.46. The van der Waals surface area contributed by atoms with E-state index in [1.807, 2.05) is 0 Å². The fraction of sp³-hybridized carbons (Fsp3) is 0.579. The average molecular weight is 327 g/mol. The van der Waals surface area contributed by atoms with E-state index in [1.165, 1.54) is 24.1 Å². The van der Waals surface area contributed by atoms with E-state index in [1.54, 1.807) is 11.9 Å². The molecule has 0 bridgehead atoms. The predicted octanol–water partition coefficient (Wildman–Crippen LogP) is 3.04. The summed E-state index contributed by atoms with van der Waals surface area (Å²) in [6.45, 7) is 0.156. The SMILES string of the molecule is CN(CC=O)C(=O)N(C1CC1)C1c2ccccc2NC2CCCC21. The van der Waals surface area contributed by atoms with Gasteiger partial charge in [-0.2, -0.15) is 0 Å². The van der Waals surface area contributed by atoms with Gasteiger partial charge in [-0.15, -0.1) is 0 Å². The summed E-state index contributed by atoms with van der Waals surface area (Å²) in [7, 11) is 1.73. The lowest BCUT2D eigenvalue weighted by Gasteiger charge is -2.44. The van der Waals surface area contributed by atoms with Crippen LogP contribution in [0.4, 0.5) is 10.5 Å². The van der Waals surface area contributed by atoms with Gasteiger partial charge in [0.2, 0.25) is 0 Å². The molecule has 3 unspecified atom stereocenters. The van der Waals surface area contributed by atoms with E-state index in [-0.39, 0.29) is 18.6 Å². The number of nitrogens with one attached hydrogen (secondary N) is 1. The number of aldehydes is 1. The predicted molar refractivity (Wildman–Crippen MR) is 92.9 cm³/mol. The number of amides is 2. The van der Waals surface area contributed by atoms with Gasteiger partial charge in [0.15, 0.2) is 0 Å². The van der Waals surface area contributed by atoms with E-state index >= 15 is 0 Å². The van der Waals surface area contributed by atoms with Crippen molar-refractivity contribution in [3.63, 3.8) is 0 Å². The van der Waals surface area contributed by atoms with Crippen LogP contribution in [0.5, 0.6) is 0 Å². The second-order valence-corrected chi connectivity index (χ2v) is 7.35. The zero-order chi connectivity index (χ0) is 16.7. The minimum atomic E-state index is -0.00282. The van der Waals surface area contributed by atoms with Crippen molar-refractivity contribution >= 4 is 18.0 Å². The molecule has 0 saturated heterocycles. The standard InChI is InChI=1S/C19H25N3O2/c1-21(11-12-23)19(24)22(13-9-10-13)18-14-5-2-3-7-16(14)20-17-8-4-6-15(17)18/h2-3,5,7,12-13,15,17-18,20H,4,6,8-11H2,1H3. The minimum Gasteiger partial charge on any atom is -0.382 e. The highest BCUT2D eigenvalue weighted by Crippen LogP contribution is 2.50. The largest absolute Gasteiger partial charge is 0.382 e. The van der Waals surface area contributed by atoms with Gasteiger partial charge in [0.25, 0.3) is 0 Å². The monoisotopic (exact) mass is 327 g/mol. The second kappa shape index (κ2) is 6.11. The molecule has 128 valence electrons. The van der Waals surface area contributed by atoms with Gasteiger partial charge in [-0.25, -0.2) is 4.79 Å². The topological polar surface area (TPSA) is 52.7 Å². The first-order chi connectivity index (χ1) is 11.7. The molecule has 4 rings (SSSR count). The van der Waals surface area contributed by atoms with Crippen LogP contribution in [0.1, 0.15) is 43.7 Å². The number of para-hydroxylation sites is 1. The molecule has 2 saturated carbocycles. The summed E-state index contributed by atoms with van der Waals surface area (Å²) >= 11 is 0. The Morgan fingerprint density at radius 3 is 2.79 bits per heavy atom. The normalized spacial score (nSPS) is 27.6. The van der Waals surface area contributed by atoms with Crippen molar-refractivity contribution in [3.8, 4) is 0 Å². The van der Waals surface area contributed by atoms with Gasteiger partial charge in [0.1, 0.15) is 6.29 Å². The van der Waals surface area contributed by atoms with Crippen LogP contribution in [-0.4, -0.2) is 47.8 Å². The average Bonchev–Trinajstić information content (AvgIpc) is 3.31. The van der Waals surface area contributed by atoms with Gasteiger partial charge in [-0.1, -0.05) is 24.6 Å². The van der Waals surface area contributed by atoms with Crippen molar-refractivity contribution in [2.75, 3.05) is 18.9 Å². The van der Waals surface area contributed by atoms with E-state index in [0.29, 0.717) is 18.0 Å². The molecule has 1 aromatic rings. The van der Waals surface area contributed by atoms with Crippen molar-refractivity contribution in [2.45, 2.75) is 50.2 Å². The smallest absolute Gasteiger partial charge is 0.320 e. The van der Waals surface area contributed by atoms with Gasteiger partial charge >= 0.3 is 6.03 Å². The second-order valence-electron chi connectivity index (χ2n) is 7.35. The third-order valence-corrected chi connectivity index (χ3v) is 5.73. The van der Waals surface area contributed by atoms with Gasteiger partial charge in [0.05, 0.1) is 12.6 Å². The Bertz CT molecular complexity index is 643. The summed E-state index contributed by atoms with van der Waals surface area (Å²) in [4.78, 5) is 27.6. The van der Waals surface area contributed by atoms with Crippen LogP contribution >= 0.6 is 0 Å². The Balaban J connectivity index is 1.73. The third kappa shape index (κ3) is 2.56. The van der Waals surface area contributed by atoms with E-state index in [4.69, 9.17) is 0 Å². The van der Waals surface area contributed by atoms with Gasteiger partial charge in [-0.3, -0.25) is 0 Å². The highest BCUT2D eigenvalue weighted by molar-refractivity contribution is 5.78. The van der Waals surface area contributed by atoms with Crippen molar-refractivity contribution < 1.29 is 9.59 Å². The number of hydrogen-bond acceptors (Lipinski definition) is 3. The van der Waals surface area contributed by atoms with Crippen molar-refractivity contribution in [1.82, 2.24) is 9.80 Å². The number of benzene rings is 1. The molecule has 3 aliphatic rings. The van der Waals surface area contributed by atoms with Crippen LogP contribution < -0.4 is 5.32 Å². The van der Waals surface area contributed by atoms with Crippen LogP contribution in [-0.2, 0) is 4.79 Å². The maximum Gasteiger partial charge on any atom is 0.320 e. The molecular formula is C19H25N3O2. The van der Waals surface area contributed by atoms with Gasteiger partial charge in [-0.05, 0) is 37.3 Å². The van der Waals surface area contributed by atoms with Crippen molar-refractivity contribution in [1.29, 1.82) is 0 Å². The van der Waals surface area contributed by atoms with Crippen molar-refractivity contribution in [2.24, 2.45) is 5.92 Å². The molecule has 2 fully saturated rings. The van der Waals surface area contributed by atoms with Crippen LogP contribution in [0.15, 0.2) is 24.3 Å². The molecule has 1 N–H and O–H groups in total. The molecule has 1 aromatic carbocycles. The molecule has 1 heterocycles. The lowest BCUT2D eigenvalue weighted by Crippen LogP contribution is -2.50. The molecule has 24 heavy (non-hydrogen) atoms. The molecule has 5 heteroatoms. The molecule has 2 amide bonds. The Morgan fingerprint density at radius 2 is 2.04 bits per heavy atom. The molecule has 3 atom stereocenters. The van der Waals surface area contributed by atoms with E-state index in [2.05, 4.69) is 34.5 Å². The Labute approximate surface area is 143 Å². The lowest BCUT2D eigenvalue weighted by molar-refractivity contribution is -0.108. The number of rotatable bonds is 4. The van der Waals surface area contributed by atoms with Crippen molar-refractivity contribution in [3.05, 3.63) is 29.8 Å². The minimum absolute atomic E-state index is 0.00282.